The molecule has 1 rings (SSSR count). The second-order valence-electron chi connectivity index (χ2n) is 3.35. The van der Waals surface area contributed by atoms with Crippen molar-refractivity contribution in [2.24, 2.45) is 0 Å². The third-order valence-electron chi connectivity index (χ3n) is 2.13. The predicted octanol–water partition coefficient (Wildman–Crippen LogP) is 2.17. The van der Waals surface area contributed by atoms with Crippen LogP contribution in [0.3, 0.4) is 0 Å². The molecule has 5 heteroatoms. The van der Waals surface area contributed by atoms with E-state index in [1.165, 1.54) is 12.1 Å². The van der Waals surface area contributed by atoms with E-state index >= 15 is 0 Å². The lowest BCUT2D eigenvalue weighted by atomic mass is 9.97. The molecule has 1 atom stereocenters. The molecule has 0 heterocycles. The number of rotatable bonds is 4. The number of carbonyl (C=O) groups is 1. The van der Waals surface area contributed by atoms with Gasteiger partial charge in [0.05, 0.1) is 11.3 Å². The monoisotopic (exact) mass is 209 g/mol. The minimum Gasteiger partial charge on any atom is -0.481 e. The second kappa shape index (κ2) is 4.54. The topological polar surface area (TPSA) is 80.4 Å². The Morgan fingerprint density at radius 2 is 2.27 bits per heavy atom. The molecule has 0 saturated carbocycles. The van der Waals surface area contributed by atoms with Gasteiger partial charge in [-0.25, -0.2) is 0 Å². The van der Waals surface area contributed by atoms with Crippen LogP contribution in [0.25, 0.3) is 0 Å². The van der Waals surface area contributed by atoms with E-state index in [1.54, 1.807) is 19.1 Å². The third kappa shape index (κ3) is 3.05. The molecule has 0 bridgehead atoms. The van der Waals surface area contributed by atoms with Crippen molar-refractivity contribution in [3.8, 4) is 0 Å². The molecular weight excluding hydrogens is 198 g/mol. The van der Waals surface area contributed by atoms with E-state index < -0.39 is 10.9 Å². The normalized spacial score (nSPS) is 12.1. The van der Waals surface area contributed by atoms with Gasteiger partial charge in [-0.05, 0) is 11.5 Å². The Morgan fingerprint density at radius 1 is 1.60 bits per heavy atom. The van der Waals surface area contributed by atoms with Gasteiger partial charge >= 0.3 is 5.97 Å². The van der Waals surface area contributed by atoms with Gasteiger partial charge in [0.2, 0.25) is 0 Å². The van der Waals surface area contributed by atoms with Gasteiger partial charge in [-0.3, -0.25) is 14.9 Å². The maximum atomic E-state index is 10.5. The molecule has 0 aromatic heterocycles. The Hall–Kier alpha value is -1.91. The Bertz CT molecular complexity index is 389. The number of hydrogen-bond donors (Lipinski definition) is 1. The van der Waals surface area contributed by atoms with Gasteiger partial charge in [0, 0.05) is 12.1 Å². The van der Waals surface area contributed by atoms with Crippen molar-refractivity contribution in [3.05, 3.63) is 39.9 Å². The number of aliphatic carboxylic acids is 1. The SMILES string of the molecule is C[C@@H](CC(=O)O)c1cccc([N+](=O)[O-])c1. The highest BCUT2D eigenvalue weighted by molar-refractivity contribution is 5.68. The summed E-state index contributed by atoms with van der Waals surface area (Å²) in [5, 5.41) is 19.1. The standard InChI is InChI=1S/C10H11NO4/c1-7(5-10(12)13)8-3-2-4-9(6-8)11(14)15/h2-4,6-7H,5H2,1H3,(H,12,13)/t7-/m0/s1. The molecular formula is C10H11NO4. The molecule has 1 aromatic carbocycles. The van der Waals surface area contributed by atoms with Gasteiger partial charge in [-0.1, -0.05) is 19.1 Å². The van der Waals surface area contributed by atoms with Crippen molar-refractivity contribution in [3.63, 3.8) is 0 Å². The van der Waals surface area contributed by atoms with E-state index in [9.17, 15) is 14.9 Å². The van der Waals surface area contributed by atoms with Crippen LogP contribution in [0.4, 0.5) is 5.69 Å². The lowest BCUT2D eigenvalue weighted by Crippen LogP contribution is -2.03. The maximum absolute atomic E-state index is 10.5. The minimum atomic E-state index is -0.908. The molecule has 15 heavy (non-hydrogen) atoms. The summed E-state index contributed by atoms with van der Waals surface area (Å²) in [5.74, 6) is -1.13. The van der Waals surface area contributed by atoms with Crippen molar-refractivity contribution < 1.29 is 14.8 Å². The van der Waals surface area contributed by atoms with E-state index in [2.05, 4.69) is 0 Å². The summed E-state index contributed by atoms with van der Waals surface area (Å²) >= 11 is 0. The van der Waals surface area contributed by atoms with E-state index in [0.717, 1.165) is 0 Å². The number of non-ortho nitro benzene ring substituents is 1. The van der Waals surface area contributed by atoms with Gasteiger partial charge in [0.25, 0.3) is 5.69 Å². The molecule has 0 amide bonds. The van der Waals surface area contributed by atoms with E-state index in [-0.39, 0.29) is 18.0 Å². The summed E-state index contributed by atoms with van der Waals surface area (Å²) in [7, 11) is 0. The summed E-state index contributed by atoms with van der Waals surface area (Å²) < 4.78 is 0. The largest absolute Gasteiger partial charge is 0.481 e. The molecule has 0 aliphatic rings. The van der Waals surface area contributed by atoms with E-state index in [1.807, 2.05) is 0 Å². The van der Waals surface area contributed by atoms with Crippen LogP contribution in [-0.4, -0.2) is 16.0 Å². The Labute approximate surface area is 86.5 Å². The lowest BCUT2D eigenvalue weighted by molar-refractivity contribution is -0.384. The highest BCUT2D eigenvalue weighted by Gasteiger charge is 2.13. The fraction of sp³-hybridized carbons (Fsp3) is 0.300. The van der Waals surface area contributed by atoms with Gasteiger partial charge in [0.1, 0.15) is 0 Å². The summed E-state index contributed by atoms with van der Waals surface area (Å²) in [6, 6.07) is 6.05. The minimum absolute atomic E-state index is 0.00950. The fourth-order valence-corrected chi connectivity index (χ4v) is 1.32. The third-order valence-corrected chi connectivity index (χ3v) is 2.13. The Kier molecular flexibility index (Phi) is 3.38. The van der Waals surface area contributed by atoms with E-state index in [0.29, 0.717) is 5.56 Å². The summed E-state index contributed by atoms with van der Waals surface area (Å²) in [6.45, 7) is 1.73. The average molecular weight is 209 g/mol. The first-order chi connectivity index (χ1) is 7.00. The molecule has 5 nitrogen and oxygen atoms in total. The van der Waals surface area contributed by atoms with Crippen molar-refractivity contribution >= 4 is 11.7 Å². The van der Waals surface area contributed by atoms with Crippen LogP contribution in [-0.2, 0) is 4.79 Å². The van der Waals surface area contributed by atoms with Crippen LogP contribution >= 0.6 is 0 Å². The highest BCUT2D eigenvalue weighted by atomic mass is 16.6. The number of benzene rings is 1. The zero-order valence-electron chi connectivity index (χ0n) is 8.21. The first-order valence-corrected chi connectivity index (χ1v) is 4.47. The smallest absolute Gasteiger partial charge is 0.303 e. The molecule has 0 fully saturated rings. The number of nitro groups is 1. The summed E-state index contributed by atoms with van der Waals surface area (Å²) in [6.07, 6.45) is -0.0266. The van der Waals surface area contributed by atoms with Crippen LogP contribution in [0.2, 0.25) is 0 Å². The van der Waals surface area contributed by atoms with Crippen molar-refractivity contribution in [2.45, 2.75) is 19.3 Å². The van der Waals surface area contributed by atoms with Gasteiger partial charge in [-0.2, -0.15) is 0 Å². The number of nitrogens with zero attached hydrogens (tertiary/aromatic N) is 1. The Morgan fingerprint density at radius 3 is 2.80 bits per heavy atom. The Balaban J connectivity index is 2.89. The molecule has 0 aliphatic carbocycles. The fourth-order valence-electron chi connectivity index (χ4n) is 1.32. The highest BCUT2D eigenvalue weighted by Crippen LogP contribution is 2.22. The van der Waals surface area contributed by atoms with Crippen molar-refractivity contribution in [2.75, 3.05) is 0 Å². The van der Waals surface area contributed by atoms with E-state index in [4.69, 9.17) is 5.11 Å². The molecule has 1 aromatic rings. The lowest BCUT2D eigenvalue weighted by Gasteiger charge is -2.07. The molecule has 0 spiro atoms. The van der Waals surface area contributed by atoms with Crippen molar-refractivity contribution in [1.29, 1.82) is 0 Å². The first kappa shape index (κ1) is 11.2. The summed E-state index contributed by atoms with van der Waals surface area (Å²) in [5.41, 5.74) is 0.663. The van der Waals surface area contributed by atoms with Crippen LogP contribution in [0.5, 0.6) is 0 Å². The molecule has 0 unspecified atom stereocenters. The van der Waals surface area contributed by atoms with Crippen LogP contribution in [0.1, 0.15) is 24.8 Å². The molecule has 1 N–H and O–H groups in total. The second-order valence-corrected chi connectivity index (χ2v) is 3.35. The zero-order valence-corrected chi connectivity index (χ0v) is 8.21. The van der Waals surface area contributed by atoms with Gasteiger partial charge in [-0.15, -0.1) is 0 Å². The number of carboxylic acids is 1. The van der Waals surface area contributed by atoms with Crippen LogP contribution in [0, 0.1) is 10.1 Å². The quantitative estimate of drug-likeness (QED) is 0.608. The summed E-state index contributed by atoms with van der Waals surface area (Å²) in [4.78, 5) is 20.5. The molecule has 0 radical (unpaired) electrons. The number of hydrogen-bond acceptors (Lipinski definition) is 3. The number of nitro benzene ring substituents is 1. The van der Waals surface area contributed by atoms with Gasteiger partial charge in [0.15, 0.2) is 0 Å². The zero-order chi connectivity index (χ0) is 11.4. The molecule has 0 aliphatic heterocycles. The number of carboxylic acid groups (broad SMARTS) is 1. The van der Waals surface area contributed by atoms with Gasteiger partial charge < -0.3 is 5.11 Å². The van der Waals surface area contributed by atoms with Crippen LogP contribution < -0.4 is 0 Å². The van der Waals surface area contributed by atoms with Crippen LogP contribution in [0.15, 0.2) is 24.3 Å². The molecule has 80 valence electrons. The average Bonchev–Trinajstić information content (AvgIpc) is 2.17. The predicted molar refractivity (Wildman–Crippen MR) is 53.8 cm³/mol. The van der Waals surface area contributed by atoms with Crippen molar-refractivity contribution in [1.82, 2.24) is 0 Å². The maximum Gasteiger partial charge on any atom is 0.303 e. The molecule has 0 saturated heterocycles. The first-order valence-electron chi connectivity index (χ1n) is 4.47.